The fourth-order valence-corrected chi connectivity index (χ4v) is 2.73. The Balaban J connectivity index is 1.67. The van der Waals surface area contributed by atoms with Crippen molar-refractivity contribution in [2.24, 2.45) is 0 Å². The number of carbonyl (C=O) groups excluding carboxylic acids is 1. The fourth-order valence-electron chi connectivity index (χ4n) is 2.73. The molecule has 0 aliphatic carbocycles. The Bertz CT molecular complexity index is 689. The molecule has 0 aromatic heterocycles. The largest absolute Gasteiger partial charge is 0.493 e. The standard InChI is InChI=1S/C21H28N2O3/c1-16(18-7-5-4-6-8-18)22-14-12-21(24)23-13-11-17-9-10-19(25-2)20(15-17)26-3/h4-10,15-16,22H,11-14H2,1-3H3,(H,23,24)/t16-/m1/s1. The van der Waals surface area contributed by atoms with E-state index >= 15 is 0 Å². The number of hydrogen-bond acceptors (Lipinski definition) is 4. The summed E-state index contributed by atoms with van der Waals surface area (Å²) in [6.07, 6.45) is 1.21. The van der Waals surface area contributed by atoms with E-state index in [9.17, 15) is 4.79 Å². The third-order valence-corrected chi connectivity index (χ3v) is 4.29. The molecule has 140 valence electrons. The molecular formula is C21H28N2O3. The Labute approximate surface area is 155 Å². The monoisotopic (exact) mass is 356 g/mol. The molecule has 0 fully saturated rings. The molecule has 2 aromatic rings. The molecule has 1 atom stereocenters. The van der Waals surface area contributed by atoms with Gasteiger partial charge in [-0.3, -0.25) is 4.79 Å². The topological polar surface area (TPSA) is 59.6 Å². The van der Waals surface area contributed by atoms with Gasteiger partial charge < -0.3 is 20.1 Å². The first-order chi connectivity index (χ1) is 12.6. The van der Waals surface area contributed by atoms with Crippen molar-refractivity contribution < 1.29 is 14.3 Å². The molecule has 0 aliphatic heterocycles. The third-order valence-electron chi connectivity index (χ3n) is 4.29. The predicted molar refractivity (Wildman–Crippen MR) is 104 cm³/mol. The molecule has 2 aromatic carbocycles. The van der Waals surface area contributed by atoms with Crippen molar-refractivity contribution >= 4 is 5.91 Å². The normalized spacial score (nSPS) is 11.7. The first kappa shape index (κ1) is 19.8. The van der Waals surface area contributed by atoms with Crippen LogP contribution in [0.4, 0.5) is 0 Å². The summed E-state index contributed by atoms with van der Waals surface area (Å²) in [5.74, 6) is 1.47. The Kier molecular flexibility index (Phi) is 7.96. The van der Waals surface area contributed by atoms with E-state index in [4.69, 9.17) is 9.47 Å². The summed E-state index contributed by atoms with van der Waals surface area (Å²) in [7, 11) is 3.23. The molecule has 5 nitrogen and oxygen atoms in total. The number of nitrogens with one attached hydrogen (secondary N) is 2. The van der Waals surface area contributed by atoms with Gasteiger partial charge in [0.15, 0.2) is 11.5 Å². The van der Waals surface area contributed by atoms with Crippen LogP contribution in [-0.2, 0) is 11.2 Å². The highest BCUT2D eigenvalue weighted by Gasteiger charge is 2.07. The van der Waals surface area contributed by atoms with Crippen molar-refractivity contribution in [1.82, 2.24) is 10.6 Å². The molecule has 2 rings (SSSR count). The van der Waals surface area contributed by atoms with E-state index in [1.807, 2.05) is 36.4 Å². The quantitative estimate of drug-likeness (QED) is 0.687. The Morgan fingerprint density at radius 2 is 1.73 bits per heavy atom. The van der Waals surface area contributed by atoms with Crippen LogP contribution in [0, 0.1) is 0 Å². The lowest BCUT2D eigenvalue weighted by Crippen LogP contribution is -2.30. The van der Waals surface area contributed by atoms with Crippen molar-refractivity contribution in [3.05, 3.63) is 59.7 Å². The van der Waals surface area contributed by atoms with Gasteiger partial charge >= 0.3 is 0 Å². The van der Waals surface area contributed by atoms with Crippen molar-refractivity contribution in [3.8, 4) is 11.5 Å². The van der Waals surface area contributed by atoms with Crippen LogP contribution in [0.5, 0.6) is 11.5 Å². The maximum Gasteiger partial charge on any atom is 0.221 e. The number of amides is 1. The van der Waals surface area contributed by atoms with E-state index in [2.05, 4.69) is 29.7 Å². The van der Waals surface area contributed by atoms with Crippen LogP contribution in [0.3, 0.4) is 0 Å². The number of methoxy groups -OCH3 is 2. The molecule has 1 amide bonds. The minimum atomic E-state index is 0.0539. The molecule has 0 heterocycles. The maximum absolute atomic E-state index is 12.0. The van der Waals surface area contributed by atoms with Gasteiger partial charge in [0.25, 0.3) is 0 Å². The van der Waals surface area contributed by atoms with E-state index in [1.165, 1.54) is 5.56 Å². The minimum Gasteiger partial charge on any atom is -0.493 e. The van der Waals surface area contributed by atoms with Crippen LogP contribution in [-0.4, -0.2) is 33.2 Å². The van der Waals surface area contributed by atoms with Gasteiger partial charge in [0.2, 0.25) is 5.91 Å². The zero-order chi connectivity index (χ0) is 18.8. The van der Waals surface area contributed by atoms with Crippen molar-refractivity contribution in [2.45, 2.75) is 25.8 Å². The van der Waals surface area contributed by atoms with Crippen LogP contribution < -0.4 is 20.1 Å². The lowest BCUT2D eigenvalue weighted by molar-refractivity contribution is -0.120. The number of hydrogen-bond donors (Lipinski definition) is 2. The summed E-state index contributed by atoms with van der Waals surface area (Å²) >= 11 is 0. The highest BCUT2D eigenvalue weighted by molar-refractivity contribution is 5.76. The summed E-state index contributed by atoms with van der Waals surface area (Å²) in [6, 6.07) is 16.2. The van der Waals surface area contributed by atoms with E-state index in [-0.39, 0.29) is 11.9 Å². The van der Waals surface area contributed by atoms with Gasteiger partial charge in [-0.2, -0.15) is 0 Å². The molecule has 5 heteroatoms. The smallest absolute Gasteiger partial charge is 0.221 e. The molecule has 2 N–H and O–H groups in total. The van der Waals surface area contributed by atoms with Gasteiger partial charge in [0.05, 0.1) is 14.2 Å². The van der Waals surface area contributed by atoms with Crippen LogP contribution in [0.1, 0.15) is 30.5 Å². The average molecular weight is 356 g/mol. The van der Waals surface area contributed by atoms with Crippen LogP contribution >= 0.6 is 0 Å². The lowest BCUT2D eigenvalue weighted by Gasteiger charge is -2.14. The minimum absolute atomic E-state index is 0.0539. The average Bonchev–Trinajstić information content (AvgIpc) is 2.68. The number of rotatable bonds is 10. The van der Waals surface area contributed by atoms with Crippen LogP contribution in [0.25, 0.3) is 0 Å². The second-order valence-electron chi connectivity index (χ2n) is 6.13. The van der Waals surface area contributed by atoms with Gasteiger partial charge in [-0.15, -0.1) is 0 Å². The summed E-state index contributed by atoms with van der Waals surface area (Å²) in [6.45, 7) is 3.35. The number of ether oxygens (including phenoxy) is 2. The molecule has 0 saturated carbocycles. The summed E-state index contributed by atoms with van der Waals surface area (Å²) in [5.41, 5.74) is 2.32. The molecule has 0 unspecified atom stereocenters. The third kappa shape index (κ3) is 6.08. The second kappa shape index (κ2) is 10.5. The number of carbonyl (C=O) groups is 1. The first-order valence-electron chi connectivity index (χ1n) is 8.90. The van der Waals surface area contributed by atoms with E-state index in [0.29, 0.717) is 31.0 Å². The first-order valence-corrected chi connectivity index (χ1v) is 8.90. The lowest BCUT2D eigenvalue weighted by atomic mass is 10.1. The molecular weight excluding hydrogens is 328 g/mol. The Hall–Kier alpha value is -2.53. The van der Waals surface area contributed by atoms with E-state index in [0.717, 1.165) is 12.0 Å². The molecule has 0 saturated heterocycles. The Morgan fingerprint density at radius 1 is 1.00 bits per heavy atom. The zero-order valence-electron chi connectivity index (χ0n) is 15.7. The SMILES string of the molecule is COc1ccc(CCNC(=O)CCN[C@H](C)c2ccccc2)cc1OC. The molecule has 0 radical (unpaired) electrons. The highest BCUT2D eigenvalue weighted by atomic mass is 16.5. The highest BCUT2D eigenvalue weighted by Crippen LogP contribution is 2.27. The van der Waals surface area contributed by atoms with Gasteiger partial charge in [0, 0.05) is 25.6 Å². The molecule has 26 heavy (non-hydrogen) atoms. The Morgan fingerprint density at radius 3 is 2.42 bits per heavy atom. The molecule has 0 aliphatic rings. The van der Waals surface area contributed by atoms with E-state index < -0.39 is 0 Å². The van der Waals surface area contributed by atoms with Gasteiger partial charge in [-0.1, -0.05) is 36.4 Å². The fraction of sp³-hybridized carbons (Fsp3) is 0.381. The van der Waals surface area contributed by atoms with Gasteiger partial charge in [-0.05, 0) is 36.6 Å². The maximum atomic E-state index is 12.0. The summed E-state index contributed by atoms with van der Waals surface area (Å²) in [5, 5.41) is 6.33. The summed E-state index contributed by atoms with van der Waals surface area (Å²) in [4.78, 5) is 12.0. The van der Waals surface area contributed by atoms with E-state index in [1.54, 1.807) is 14.2 Å². The zero-order valence-corrected chi connectivity index (χ0v) is 15.7. The van der Waals surface area contributed by atoms with Crippen LogP contribution in [0.2, 0.25) is 0 Å². The molecule has 0 spiro atoms. The van der Waals surface area contributed by atoms with Crippen LogP contribution in [0.15, 0.2) is 48.5 Å². The molecule has 0 bridgehead atoms. The second-order valence-corrected chi connectivity index (χ2v) is 6.13. The summed E-state index contributed by atoms with van der Waals surface area (Å²) < 4.78 is 10.5. The van der Waals surface area contributed by atoms with Crippen molar-refractivity contribution in [3.63, 3.8) is 0 Å². The van der Waals surface area contributed by atoms with Crippen molar-refractivity contribution in [2.75, 3.05) is 27.3 Å². The predicted octanol–water partition coefficient (Wildman–Crippen LogP) is 3.10. The number of benzene rings is 2. The van der Waals surface area contributed by atoms with Gasteiger partial charge in [0.1, 0.15) is 0 Å². The van der Waals surface area contributed by atoms with Gasteiger partial charge in [-0.25, -0.2) is 0 Å². The van der Waals surface area contributed by atoms with Crippen molar-refractivity contribution in [1.29, 1.82) is 0 Å².